The van der Waals surface area contributed by atoms with Crippen LogP contribution in [0.15, 0.2) is 12.3 Å². The van der Waals surface area contributed by atoms with Crippen molar-refractivity contribution >= 4 is 5.82 Å². The van der Waals surface area contributed by atoms with E-state index in [9.17, 15) is 8.78 Å². The molecule has 1 aliphatic heterocycles. The summed E-state index contributed by atoms with van der Waals surface area (Å²) in [5, 5.41) is 2.90. The molecule has 1 saturated heterocycles. The van der Waals surface area contributed by atoms with Gasteiger partial charge in [0.05, 0.1) is 18.8 Å². The Bertz CT molecular complexity index is 340. The molecule has 1 unspecified atom stereocenters. The molecule has 0 amide bonds. The first-order valence-electron chi connectivity index (χ1n) is 4.91. The van der Waals surface area contributed by atoms with E-state index in [2.05, 4.69) is 10.3 Å². The van der Waals surface area contributed by atoms with Crippen molar-refractivity contribution in [3.8, 4) is 0 Å². The lowest BCUT2D eigenvalue weighted by Crippen LogP contribution is -2.30. The summed E-state index contributed by atoms with van der Waals surface area (Å²) in [4.78, 5) is 3.66. The van der Waals surface area contributed by atoms with Crippen LogP contribution in [0.25, 0.3) is 0 Å². The molecule has 5 heteroatoms. The molecule has 1 aromatic heterocycles. The summed E-state index contributed by atoms with van der Waals surface area (Å²) in [5.74, 6) is -1.24. The first-order valence-corrected chi connectivity index (χ1v) is 4.91. The van der Waals surface area contributed by atoms with Crippen molar-refractivity contribution in [3.05, 3.63) is 23.9 Å². The lowest BCUT2D eigenvalue weighted by molar-refractivity contribution is 0.0874. The fourth-order valence-corrected chi connectivity index (χ4v) is 1.57. The topological polar surface area (TPSA) is 34.2 Å². The van der Waals surface area contributed by atoms with Gasteiger partial charge in [-0.2, -0.15) is 0 Å². The fraction of sp³-hybridized carbons (Fsp3) is 0.500. The van der Waals surface area contributed by atoms with Gasteiger partial charge < -0.3 is 10.1 Å². The zero-order valence-electron chi connectivity index (χ0n) is 8.17. The predicted molar refractivity (Wildman–Crippen MR) is 51.6 cm³/mol. The number of rotatable bonds is 2. The number of ether oxygens (including phenoxy) is 1. The molecule has 1 atom stereocenters. The van der Waals surface area contributed by atoms with E-state index in [1.54, 1.807) is 0 Å². The van der Waals surface area contributed by atoms with E-state index in [-0.39, 0.29) is 11.9 Å². The van der Waals surface area contributed by atoms with Gasteiger partial charge in [-0.25, -0.2) is 13.8 Å². The predicted octanol–water partition coefficient (Wildman–Crippen LogP) is 1.95. The summed E-state index contributed by atoms with van der Waals surface area (Å²) in [5.41, 5.74) is 0. The van der Waals surface area contributed by atoms with Crippen LogP contribution in [0.1, 0.15) is 12.8 Å². The third kappa shape index (κ3) is 2.62. The van der Waals surface area contributed by atoms with E-state index in [4.69, 9.17) is 4.74 Å². The van der Waals surface area contributed by atoms with Gasteiger partial charge in [0.2, 0.25) is 0 Å². The van der Waals surface area contributed by atoms with E-state index in [0.717, 1.165) is 31.7 Å². The minimum absolute atomic E-state index is 0.0613. The highest BCUT2D eigenvalue weighted by molar-refractivity contribution is 5.37. The molecule has 1 N–H and O–H groups in total. The van der Waals surface area contributed by atoms with Crippen LogP contribution in [0.4, 0.5) is 14.6 Å². The third-order valence-corrected chi connectivity index (χ3v) is 2.31. The molecular formula is C10H12F2N2O. The van der Waals surface area contributed by atoms with Crippen LogP contribution in [0, 0.1) is 11.6 Å². The largest absolute Gasteiger partial charge is 0.379 e. The van der Waals surface area contributed by atoms with Crippen molar-refractivity contribution in [1.82, 2.24) is 4.98 Å². The number of nitrogens with zero attached hydrogens (tertiary/aromatic N) is 1. The van der Waals surface area contributed by atoms with Crippen LogP contribution in [0.5, 0.6) is 0 Å². The minimum atomic E-state index is -0.669. The summed E-state index contributed by atoms with van der Waals surface area (Å²) in [6, 6.07) is 0.880. The van der Waals surface area contributed by atoms with Gasteiger partial charge in [0.15, 0.2) is 11.6 Å². The Hall–Kier alpha value is -1.23. The standard InChI is InChI=1S/C10H12F2N2O/c11-7-4-9(12)10(13-5-7)14-8-2-1-3-15-6-8/h4-5,8H,1-3,6H2,(H,13,14). The van der Waals surface area contributed by atoms with Gasteiger partial charge >= 0.3 is 0 Å². The molecule has 1 aliphatic rings. The quantitative estimate of drug-likeness (QED) is 0.817. The number of hydrogen-bond acceptors (Lipinski definition) is 3. The maximum atomic E-state index is 13.2. The van der Waals surface area contributed by atoms with E-state index < -0.39 is 11.6 Å². The molecule has 2 heterocycles. The summed E-state index contributed by atoms with van der Waals surface area (Å²) >= 11 is 0. The third-order valence-electron chi connectivity index (χ3n) is 2.31. The average Bonchev–Trinajstić information content (AvgIpc) is 2.24. The van der Waals surface area contributed by atoms with Gasteiger partial charge in [0.1, 0.15) is 5.82 Å². The molecule has 0 bridgehead atoms. The normalized spacial score (nSPS) is 21.3. The zero-order valence-corrected chi connectivity index (χ0v) is 8.17. The Morgan fingerprint density at radius 2 is 2.33 bits per heavy atom. The molecular weight excluding hydrogens is 202 g/mol. The second-order valence-corrected chi connectivity index (χ2v) is 3.54. The Morgan fingerprint density at radius 3 is 3.00 bits per heavy atom. The first kappa shape index (κ1) is 10.3. The lowest BCUT2D eigenvalue weighted by atomic mass is 10.1. The van der Waals surface area contributed by atoms with Gasteiger partial charge in [-0.15, -0.1) is 0 Å². The number of pyridine rings is 1. The SMILES string of the molecule is Fc1cnc(NC2CCCOC2)c(F)c1. The van der Waals surface area contributed by atoms with Gasteiger partial charge in [0, 0.05) is 12.7 Å². The lowest BCUT2D eigenvalue weighted by Gasteiger charge is -2.23. The minimum Gasteiger partial charge on any atom is -0.379 e. The van der Waals surface area contributed by atoms with Gasteiger partial charge in [-0.1, -0.05) is 0 Å². The second kappa shape index (κ2) is 4.53. The van der Waals surface area contributed by atoms with Crippen LogP contribution in [0.3, 0.4) is 0 Å². The fourth-order valence-electron chi connectivity index (χ4n) is 1.57. The number of halogens is 2. The maximum absolute atomic E-state index is 13.2. The van der Waals surface area contributed by atoms with Crippen molar-refractivity contribution in [2.24, 2.45) is 0 Å². The number of anilines is 1. The summed E-state index contributed by atoms with van der Waals surface area (Å²) in [6.07, 6.45) is 2.86. The highest BCUT2D eigenvalue weighted by Crippen LogP contribution is 2.15. The summed E-state index contributed by atoms with van der Waals surface area (Å²) in [6.45, 7) is 1.29. The van der Waals surface area contributed by atoms with Crippen LogP contribution in [0.2, 0.25) is 0 Å². The molecule has 1 aromatic rings. The second-order valence-electron chi connectivity index (χ2n) is 3.54. The number of hydrogen-bond donors (Lipinski definition) is 1. The van der Waals surface area contributed by atoms with Crippen molar-refractivity contribution in [3.63, 3.8) is 0 Å². The molecule has 0 aliphatic carbocycles. The molecule has 82 valence electrons. The highest BCUT2D eigenvalue weighted by Gasteiger charge is 2.15. The molecule has 3 nitrogen and oxygen atoms in total. The smallest absolute Gasteiger partial charge is 0.168 e. The molecule has 15 heavy (non-hydrogen) atoms. The molecule has 0 aromatic carbocycles. The van der Waals surface area contributed by atoms with E-state index in [1.807, 2.05) is 0 Å². The van der Waals surface area contributed by atoms with Crippen molar-refractivity contribution < 1.29 is 13.5 Å². The summed E-state index contributed by atoms with van der Waals surface area (Å²) in [7, 11) is 0. The molecule has 2 rings (SSSR count). The van der Waals surface area contributed by atoms with Gasteiger partial charge in [-0.05, 0) is 12.8 Å². The Kier molecular flexibility index (Phi) is 3.11. The van der Waals surface area contributed by atoms with E-state index >= 15 is 0 Å². The van der Waals surface area contributed by atoms with Crippen LogP contribution >= 0.6 is 0 Å². The monoisotopic (exact) mass is 214 g/mol. The van der Waals surface area contributed by atoms with Gasteiger partial charge in [-0.3, -0.25) is 0 Å². The molecule has 1 fully saturated rings. The average molecular weight is 214 g/mol. The summed E-state index contributed by atoms with van der Waals surface area (Å²) < 4.78 is 31.0. The van der Waals surface area contributed by atoms with E-state index in [1.165, 1.54) is 0 Å². The Morgan fingerprint density at radius 1 is 1.47 bits per heavy atom. The molecule has 0 saturated carbocycles. The number of aromatic nitrogens is 1. The van der Waals surface area contributed by atoms with Crippen LogP contribution in [-0.2, 0) is 4.74 Å². The van der Waals surface area contributed by atoms with Gasteiger partial charge in [0.25, 0.3) is 0 Å². The zero-order chi connectivity index (χ0) is 10.7. The molecule has 0 spiro atoms. The molecule has 0 radical (unpaired) electrons. The highest BCUT2D eigenvalue weighted by atomic mass is 19.1. The maximum Gasteiger partial charge on any atom is 0.168 e. The first-order chi connectivity index (χ1) is 7.25. The van der Waals surface area contributed by atoms with E-state index in [0.29, 0.717) is 6.61 Å². The van der Waals surface area contributed by atoms with Crippen molar-refractivity contribution in [2.75, 3.05) is 18.5 Å². The van der Waals surface area contributed by atoms with Crippen molar-refractivity contribution in [2.45, 2.75) is 18.9 Å². The Labute approximate surface area is 86.5 Å². The van der Waals surface area contributed by atoms with Crippen LogP contribution in [-0.4, -0.2) is 24.2 Å². The van der Waals surface area contributed by atoms with Crippen molar-refractivity contribution in [1.29, 1.82) is 0 Å². The van der Waals surface area contributed by atoms with Crippen LogP contribution < -0.4 is 5.32 Å². The number of nitrogens with one attached hydrogen (secondary N) is 1. The Balaban J connectivity index is 2.03.